The number of halogens is 1. The molecule has 0 unspecified atom stereocenters. The van der Waals surface area contributed by atoms with Crippen LogP contribution >= 0.6 is 0 Å². The first-order valence-corrected chi connectivity index (χ1v) is 10.5. The molecule has 1 aromatic carbocycles. The van der Waals surface area contributed by atoms with E-state index >= 15 is 0 Å². The van der Waals surface area contributed by atoms with Crippen LogP contribution in [0.3, 0.4) is 0 Å². The van der Waals surface area contributed by atoms with Crippen LogP contribution in [0.25, 0.3) is 16.6 Å². The van der Waals surface area contributed by atoms with Crippen molar-refractivity contribution in [2.45, 2.75) is 37.9 Å². The van der Waals surface area contributed by atoms with Crippen LogP contribution in [-0.4, -0.2) is 29.1 Å². The van der Waals surface area contributed by atoms with Gasteiger partial charge >= 0.3 is 0 Å². The first-order valence-electron chi connectivity index (χ1n) is 10.5. The van der Waals surface area contributed by atoms with E-state index < -0.39 is 5.67 Å². The van der Waals surface area contributed by atoms with E-state index in [1.807, 2.05) is 31.3 Å². The Bertz CT molecular complexity index is 1170. The van der Waals surface area contributed by atoms with E-state index in [-0.39, 0.29) is 5.54 Å². The molecule has 0 amide bonds. The number of alkyl halides is 1. The maximum Gasteiger partial charge on any atom is 0.166 e. The Morgan fingerprint density at radius 3 is 2.53 bits per heavy atom. The van der Waals surface area contributed by atoms with Crippen LogP contribution in [0.4, 0.5) is 4.39 Å². The summed E-state index contributed by atoms with van der Waals surface area (Å²) >= 11 is 0. The van der Waals surface area contributed by atoms with Crippen molar-refractivity contribution in [3.63, 3.8) is 0 Å². The van der Waals surface area contributed by atoms with Crippen molar-refractivity contribution in [3.8, 4) is 0 Å². The maximum atomic E-state index is 13.8. The van der Waals surface area contributed by atoms with E-state index in [9.17, 15) is 9.18 Å². The highest BCUT2D eigenvalue weighted by molar-refractivity contribution is 6.07. The lowest BCUT2D eigenvalue weighted by Gasteiger charge is -2.19. The predicted molar refractivity (Wildman–Crippen MR) is 128 cm³/mol. The quantitative estimate of drug-likeness (QED) is 0.394. The van der Waals surface area contributed by atoms with Gasteiger partial charge in [0.15, 0.2) is 6.29 Å². The van der Waals surface area contributed by atoms with Gasteiger partial charge in [-0.2, -0.15) is 0 Å². The van der Waals surface area contributed by atoms with Crippen molar-refractivity contribution < 1.29 is 9.18 Å². The number of fused-ring (bicyclic) bond motifs is 1. The molecular weight excluding hydrogens is 405 g/mol. The minimum atomic E-state index is -1.25. The second-order valence-electron chi connectivity index (χ2n) is 8.51. The van der Waals surface area contributed by atoms with Crippen molar-refractivity contribution >= 4 is 29.1 Å². The van der Waals surface area contributed by atoms with Crippen LogP contribution in [0.2, 0.25) is 0 Å². The molecule has 3 aromatic rings. The molecule has 2 aromatic heterocycles. The zero-order valence-corrected chi connectivity index (χ0v) is 18.9. The first kappa shape index (κ1) is 23.3. The summed E-state index contributed by atoms with van der Waals surface area (Å²) in [6.45, 7) is 3.20. The van der Waals surface area contributed by atoms with Gasteiger partial charge in [0.2, 0.25) is 0 Å². The fourth-order valence-corrected chi connectivity index (χ4v) is 3.69. The number of nitrogens with one attached hydrogen (secondary N) is 2. The Hall–Kier alpha value is -3.32. The smallest absolute Gasteiger partial charge is 0.166 e. The number of nitrogens with zero attached hydrogens (tertiary/aromatic N) is 2. The number of hydrogen-bond acceptors (Lipinski definition) is 5. The molecule has 1 aliphatic rings. The average molecular weight is 436 g/mol. The molecule has 1 saturated carbocycles. The minimum absolute atomic E-state index is 0.126. The lowest BCUT2D eigenvalue weighted by atomic mass is 9.95. The van der Waals surface area contributed by atoms with Crippen molar-refractivity contribution in [2.24, 2.45) is 12.8 Å². The molecular formula is C25H30FN5O. The molecule has 1 aliphatic carbocycles. The summed E-state index contributed by atoms with van der Waals surface area (Å²) in [7, 11) is 3.75. The van der Waals surface area contributed by atoms with Gasteiger partial charge in [0.1, 0.15) is 11.3 Å². The van der Waals surface area contributed by atoms with Gasteiger partial charge in [-0.05, 0) is 63.1 Å². The summed E-state index contributed by atoms with van der Waals surface area (Å²) < 4.78 is 15.5. The van der Waals surface area contributed by atoms with Crippen molar-refractivity contribution in [2.75, 3.05) is 7.05 Å². The van der Waals surface area contributed by atoms with Gasteiger partial charge in [-0.3, -0.25) is 4.79 Å². The van der Waals surface area contributed by atoms with E-state index in [1.165, 1.54) is 11.8 Å². The molecule has 0 radical (unpaired) electrons. The SMILES string of the molecule is CNC1(c2cccc(C(C)(C)F)c2)CC1.Cn1c(C=O)cc2ccc(/C(C=N)=C/N)nc21. The topological polar surface area (TPSA) is 96.8 Å². The van der Waals surface area contributed by atoms with Crippen LogP contribution < -0.4 is 11.1 Å². The fraction of sp³-hybridized carbons (Fsp3) is 0.320. The number of aryl methyl sites for hydroxylation is 1. The number of aromatic nitrogens is 2. The number of carbonyl (C=O) groups is 1. The molecule has 4 rings (SSSR count). The summed E-state index contributed by atoms with van der Waals surface area (Å²) in [5.41, 5.74) is 8.70. The molecule has 0 saturated heterocycles. The molecule has 6 nitrogen and oxygen atoms in total. The van der Waals surface area contributed by atoms with E-state index in [0.29, 0.717) is 22.6 Å². The summed E-state index contributed by atoms with van der Waals surface area (Å²) in [5.74, 6) is 0. The molecule has 1 fully saturated rings. The second-order valence-corrected chi connectivity index (χ2v) is 8.51. The first-order chi connectivity index (χ1) is 15.2. The summed E-state index contributed by atoms with van der Waals surface area (Å²) in [5, 5.41) is 11.4. The largest absolute Gasteiger partial charge is 0.404 e. The number of aldehydes is 1. The highest BCUT2D eigenvalue weighted by Crippen LogP contribution is 2.45. The lowest BCUT2D eigenvalue weighted by Crippen LogP contribution is -2.25. The molecule has 7 heteroatoms. The number of pyridine rings is 1. The zero-order valence-electron chi connectivity index (χ0n) is 18.9. The third-order valence-corrected chi connectivity index (χ3v) is 6.00. The third kappa shape index (κ3) is 4.62. The third-order valence-electron chi connectivity index (χ3n) is 6.00. The Balaban J connectivity index is 0.000000182. The predicted octanol–water partition coefficient (Wildman–Crippen LogP) is 4.43. The van der Waals surface area contributed by atoms with E-state index in [4.69, 9.17) is 11.1 Å². The number of benzene rings is 1. The number of rotatable bonds is 6. The van der Waals surface area contributed by atoms with Gasteiger partial charge in [-0.25, -0.2) is 9.37 Å². The standard InChI is InChI=1S/C13H18FN.C12H12N4O/c1-12(2,14)10-5-4-6-11(9-10)13(15-3)7-8-13;1-16-10(7-17)4-8-2-3-11(15-12(8)16)9(5-13)6-14/h4-6,9,15H,7-8H2,1-3H3;2-7,13H,14H2,1H3/b;9-6+,13-5?. The van der Waals surface area contributed by atoms with Crippen LogP contribution in [-0.2, 0) is 18.3 Å². The van der Waals surface area contributed by atoms with Crippen LogP contribution in [0.5, 0.6) is 0 Å². The summed E-state index contributed by atoms with van der Waals surface area (Å²) in [6, 6.07) is 13.3. The fourth-order valence-electron chi connectivity index (χ4n) is 3.69. The molecule has 0 atom stereocenters. The normalized spacial score (nSPS) is 15.1. The molecule has 168 valence electrons. The Morgan fingerprint density at radius 1 is 1.28 bits per heavy atom. The van der Waals surface area contributed by atoms with Gasteiger partial charge in [-0.1, -0.05) is 24.3 Å². The monoisotopic (exact) mass is 435 g/mol. The number of allylic oxidation sites excluding steroid dienone is 1. The minimum Gasteiger partial charge on any atom is -0.404 e. The Labute approximate surface area is 187 Å². The molecule has 0 aliphatic heterocycles. The van der Waals surface area contributed by atoms with Gasteiger partial charge in [0.05, 0.1) is 11.4 Å². The highest BCUT2D eigenvalue weighted by atomic mass is 19.1. The number of hydrogen-bond donors (Lipinski definition) is 3. The van der Waals surface area contributed by atoms with Crippen molar-refractivity contribution in [1.82, 2.24) is 14.9 Å². The maximum absolute atomic E-state index is 13.8. The number of carbonyl (C=O) groups excluding carboxylic acids is 1. The molecule has 0 spiro atoms. The highest BCUT2D eigenvalue weighted by Gasteiger charge is 2.43. The van der Waals surface area contributed by atoms with Gasteiger partial charge in [-0.15, -0.1) is 0 Å². The Kier molecular flexibility index (Phi) is 6.60. The summed E-state index contributed by atoms with van der Waals surface area (Å²) in [6.07, 6.45) is 5.58. The van der Waals surface area contributed by atoms with Gasteiger partial charge in [0, 0.05) is 36.0 Å². The van der Waals surface area contributed by atoms with Crippen molar-refractivity contribution in [3.05, 3.63) is 71.2 Å². The van der Waals surface area contributed by atoms with Crippen LogP contribution in [0, 0.1) is 5.41 Å². The number of nitrogens with two attached hydrogens (primary N) is 1. The van der Waals surface area contributed by atoms with Gasteiger partial charge < -0.3 is 21.0 Å². The Morgan fingerprint density at radius 2 is 2.00 bits per heavy atom. The van der Waals surface area contributed by atoms with Crippen LogP contribution in [0.15, 0.2) is 48.7 Å². The van der Waals surface area contributed by atoms with Crippen molar-refractivity contribution in [1.29, 1.82) is 5.41 Å². The average Bonchev–Trinajstić information content (AvgIpc) is 3.53. The molecule has 4 N–H and O–H groups in total. The van der Waals surface area contributed by atoms with Crippen LogP contribution in [0.1, 0.15) is 54.0 Å². The van der Waals surface area contributed by atoms with E-state index in [2.05, 4.69) is 16.4 Å². The van der Waals surface area contributed by atoms with E-state index in [1.54, 1.807) is 37.6 Å². The molecule has 32 heavy (non-hydrogen) atoms. The summed E-state index contributed by atoms with van der Waals surface area (Å²) in [4.78, 5) is 15.2. The zero-order chi connectivity index (χ0) is 23.5. The van der Waals surface area contributed by atoms with E-state index in [0.717, 1.165) is 36.3 Å². The van der Waals surface area contributed by atoms with Gasteiger partial charge in [0.25, 0.3) is 0 Å². The molecule has 0 bridgehead atoms. The lowest BCUT2D eigenvalue weighted by molar-refractivity contribution is 0.111. The second kappa shape index (κ2) is 9.04. The molecule has 2 heterocycles.